The number of rotatable bonds is 0. The first-order valence-corrected chi connectivity index (χ1v) is 0. The van der Waals surface area contributed by atoms with Crippen molar-refractivity contribution in [2.24, 2.45) is 0 Å². The van der Waals surface area contributed by atoms with Gasteiger partial charge in [-0.1, -0.05) is 37.1 Å². The van der Waals surface area contributed by atoms with E-state index >= 15 is 0 Å². The SMILES string of the molecule is C.C.C.C.C.I.N.[2HH].[H-].[HH].[K+]. The maximum Gasteiger partial charge on any atom is 1.00 e. The second kappa shape index (κ2) is 119. The number of hydrogen-bond donors (Lipinski definition) is 1. The maximum atomic E-state index is 0. The molecule has 0 rings (SSSR count). The minimum atomic E-state index is 0. The van der Waals surface area contributed by atoms with Gasteiger partial charge in [0.05, 0.1) is 0 Å². The number of hydrogen-bond acceptors (Lipinski definition) is 1. The van der Waals surface area contributed by atoms with Crippen LogP contribution in [0.25, 0.3) is 0 Å². The van der Waals surface area contributed by atoms with Gasteiger partial charge in [-0.2, -0.15) is 0 Å². The molecular formula is C5H29IKN. The van der Waals surface area contributed by atoms with Crippen molar-refractivity contribution >= 4 is 24.0 Å². The van der Waals surface area contributed by atoms with E-state index < -0.39 is 0 Å². The van der Waals surface area contributed by atoms with Crippen LogP contribution in [0.15, 0.2) is 0 Å². The number of halogens is 1. The van der Waals surface area contributed by atoms with Crippen molar-refractivity contribution in [2.75, 3.05) is 0 Å². The zero-order valence-electron chi connectivity index (χ0n) is 3.12. The van der Waals surface area contributed by atoms with E-state index in [1.807, 2.05) is 0 Å². The fraction of sp³-hybridized carbons (Fsp3) is 1.00. The summed E-state index contributed by atoms with van der Waals surface area (Å²) in [6.07, 6.45) is 0. The van der Waals surface area contributed by atoms with E-state index in [0.717, 1.165) is 0 Å². The largest absolute Gasteiger partial charge is 1.00 e. The molecule has 0 unspecified atom stereocenters. The molecule has 0 bridgehead atoms. The van der Waals surface area contributed by atoms with E-state index in [0.29, 0.717) is 0 Å². The third-order valence-corrected chi connectivity index (χ3v) is 0. The summed E-state index contributed by atoms with van der Waals surface area (Å²) in [6.45, 7) is 0. The van der Waals surface area contributed by atoms with Crippen molar-refractivity contribution in [1.82, 2.24) is 6.15 Å². The molecule has 0 radical (unpaired) electrons. The summed E-state index contributed by atoms with van der Waals surface area (Å²) in [5.74, 6) is 0. The van der Waals surface area contributed by atoms with Gasteiger partial charge in [0.2, 0.25) is 0 Å². The van der Waals surface area contributed by atoms with Gasteiger partial charge in [0, 0.05) is 2.85 Å². The van der Waals surface area contributed by atoms with E-state index in [-0.39, 0.29) is 123 Å². The van der Waals surface area contributed by atoms with E-state index in [4.69, 9.17) is 0 Å². The van der Waals surface area contributed by atoms with Crippen molar-refractivity contribution < 1.29 is 55.7 Å². The van der Waals surface area contributed by atoms with Gasteiger partial charge in [0.15, 0.2) is 0 Å². The van der Waals surface area contributed by atoms with Gasteiger partial charge in [0.25, 0.3) is 0 Å². The second-order valence-electron chi connectivity index (χ2n) is 0. The summed E-state index contributed by atoms with van der Waals surface area (Å²) >= 11 is 0. The molecule has 0 aliphatic heterocycles. The average molecular weight is 270 g/mol. The Morgan fingerprint density at radius 1 is 0.875 bits per heavy atom. The van der Waals surface area contributed by atoms with Crippen LogP contribution in [-0.2, 0) is 0 Å². The summed E-state index contributed by atoms with van der Waals surface area (Å²) < 4.78 is 0. The van der Waals surface area contributed by atoms with Crippen LogP contribution in [0.3, 0.4) is 0 Å². The van der Waals surface area contributed by atoms with Crippen LogP contribution in [0.1, 0.15) is 41.4 Å². The third kappa shape index (κ3) is 82.6. The molecule has 0 aromatic carbocycles. The zero-order valence-corrected chi connectivity index (χ0v) is 7.57. The molecule has 0 aromatic heterocycles. The van der Waals surface area contributed by atoms with Gasteiger partial charge in [-0.15, -0.1) is 24.0 Å². The summed E-state index contributed by atoms with van der Waals surface area (Å²) in [6, 6.07) is 0. The Kier molecular flexibility index (Phi) is 2480. The first-order valence-electron chi connectivity index (χ1n) is 0. The Morgan fingerprint density at radius 2 is 0.875 bits per heavy atom. The predicted octanol–water partition coefficient (Wildman–Crippen LogP) is 1.57. The van der Waals surface area contributed by atoms with Crippen molar-refractivity contribution in [3.63, 3.8) is 0 Å². The van der Waals surface area contributed by atoms with Crippen LogP contribution in [0.5, 0.6) is 0 Å². The van der Waals surface area contributed by atoms with Crippen LogP contribution < -0.4 is 57.5 Å². The van der Waals surface area contributed by atoms with Crippen molar-refractivity contribution in [3.8, 4) is 0 Å². The molecule has 0 heterocycles. The molecule has 0 amide bonds. The van der Waals surface area contributed by atoms with Crippen molar-refractivity contribution in [3.05, 3.63) is 0 Å². The van der Waals surface area contributed by atoms with Crippen LogP contribution in [0.4, 0.5) is 0 Å². The summed E-state index contributed by atoms with van der Waals surface area (Å²) in [7, 11) is 0. The topological polar surface area (TPSA) is 35.0 Å². The molecule has 0 saturated heterocycles. The summed E-state index contributed by atoms with van der Waals surface area (Å²) in [5, 5.41) is 0. The molecule has 3 N–H and O–H groups in total. The van der Waals surface area contributed by atoms with Crippen LogP contribution in [0, 0.1) is 0 Å². The maximum absolute atomic E-state index is 0. The first-order chi connectivity index (χ1) is 0. The fourth-order valence-electron chi connectivity index (χ4n) is 0. The van der Waals surface area contributed by atoms with Crippen LogP contribution in [0.2, 0.25) is 0 Å². The molecule has 0 spiro atoms. The fourth-order valence-corrected chi connectivity index (χ4v) is 0. The Hall–Kier alpha value is 2.33. The van der Waals surface area contributed by atoms with E-state index in [1.54, 1.807) is 0 Å². The van der Waals surface area contributed by atoms with Gasteiger partial charge in [-0.05, 0) is 0 Å². The zero-order chi connectivity index (χ0) is 0. The van der Waals surface area contributed by atoms with Crippen molar-refractivity contribution in [1.29, 1.82) is 0 Å². The molecule has 0 aliphatic rings. The molecule has 0 saturated carbocycles. The molecule has 1 nitrogen and oxygen atoms in total. The Morgan fingerprint density at radius 3 is 0.875 bits per heavy atom. The molecule has 0 fully saturated rings. The van der Waals surface area contributed by atoms with Gasteiger partial charge >= 0.3 is 51.4 Å². The molecule has 62 valence electrons. The smallest absolute Gasteiger partial charge is 1.00 e. The Bertz CT molecular complexity index is 21.7. The van der Waals surface area contributed by atoms with Gasteiger partial charge in [0.1, 0.15) is 0 Å². The molecule has 3 heteroatoms. The quantitative estimate of drug-likeness (QED) is 0.526. The standard InChI is InChI=1S/5CH4.HI.K.H3N.2H2.H/h5*1H4;1H;;1H3;2*1H;/q;;;;;;+1;;;;-1/i;;;;;;;;1+1;;. The van der Waals surface area contributed by atoms with E-state index in [2.05, 4.69) is 0 Å². The Balaban J connectivity index is 0. The minimum absolute atomic E-state index is 0. The second-order valence-corrected chi connectivity index (χ2v) is 0. The molecule has 8 heavy (non-hydrogen) atoms. The molecule has 0 aliphatic carbocycles. The van der Waals surface area contributed by atoms with Crippen LogP contribution >= 0.6 is 24.0 Å². The van der Waals surface area contributed by atoms with E-state index in [9.17, 15) is 0 Å². The Labute approximate surface area is 121 Å². The summed E-state index contributed by atoms with van der Waals surface area (Å²) in [5.41, 5.74) is 0. The average Bonchev–Trinajstić information content (AvgIpc) is 0. The van der Waals surface area contributed by atoms with E-state index in [1.165, 1.54) is 0 Å². The molecule has 0 aromatic rings. The van der Waals surface area contributed by atoms with Gasteiger partial charge < -0.3 is 7.58 Å². The third-order valence-electron chi connectivity index (χ3n) is 0. The first kappa shape index (κ1) is 166. The minimum Gasteiger partial charge on any atom is -1.00 e. The monoisotopic (exact) mass is 270 g/mol. The van der Waals surface area contributed by atoms with Crippen molar-refractivity contribution in [2.45, 2.75) is 37.1 Å². The normalized spacial score (nSPS) is 0. The summed E-state index contributed by atoms with van der Waals surface area (Å²) in [4.78, 5) is 0. The van der Waals surface area contributed by atoms with Gasteiger partial charge in [-0.3, -0.25) is 0 Å². The molecular weight excluding hydrogens is 240 g/mol. The predicted molar refractivity (Wildman–Crippen MR) is 59.4 cm³/mol. The van der Waals surface area contributed by atoms with Gasteiger partial charge in [-0.25, -0.2) is 0 Å². The van der Waals surface area contributed by atoms with Crippen LogP contribution in [-0.4, -0.2) is 0 Å². The molecule has 0 atom stereocenters.